The van der Waals surface area contributed by atoms with E-state index in [1.54, 1.807) is 60.8 Å². The third-order valence-electron chi connectivity index (χ3n) is 13.3. The third kappa shape index (κ3) is 18.7. The van der Waals surface area contributed by atoms with Gasteiger partial charge in [0.2, 0.25) is 47.3 Å². The number of aromatic amines is 2. The van der Waals surface area contributed by atoms with E-state index in [4.69, 9.17) is 5.73 Å². The molecule has 0 saturated carbocycles. The number of nitrogens with zero attached hydrogens (tertiary/aromatic N) is 1. The number of rotatable bonds is 30. The monoisotopic (exact) mass is 1160 g/mol. The molecule has 0 unspecified atom stereocenters. The molecule has 6 aromatic rings. The molecule has 8 amide bonds. The summed E-state index contributed by atoms with van der Waals surface area (Å²) in [5.74, 6) is -10.9. The van der Waals surface area contributed by atoms with E-state index >= 15 is 0 Å². The largest absolute Gasteiger partial charge is 0.508 e. The summed E-state index contributed by atoms with van der Waals surface area (Å²) in [7, 11) is 0. The number of carboxylic acid groups (broad SMARTS) is 2. The maximum Gasteiger partial charge on any atom is 0.326 e. The van der Waals surface area contributed by atoms with Crippen LogP contribution in [-0.4, -0.2) is 161 Å². The number of phenols is 2. The minimum Gasteiger partial charge on any atom is -0.508 e. The van der Waals surface area contributed by atoms with Crippen molar-refractivity contribution in [1.29, 1.82) is 0 Å². The van der Waals surface area contributed by atoms with Crippen LogP contribution in [0.1, 0.15) is 48.2 Å². The normalized spacial score (nSPS) is 14.3. The predicted octanol–water partition coefficient (Wildman–Crippen LogP) is -1.39. The van der Waals surface area contributed by atoms with Gasteiger partial charge in [-0.1, -0.05) is 72.8 Å². The first-order valence-corrected chi connectivity index (χ1v) is 26.4. The van der Waals surface area contributed by atoms with Crippen LogP contribution in [0, 0.1) is 0 Å². The number of carboxylic acids is 2. The Kier molecular flexibility index (Phi) is 22.6. The summed E-state index contributed by atoms with van der Waals surface area (Å²) in [6, 6.07) is 12.9. The van der Waals surface area contributed by atoms with Crippen molar-refractivity contribution in [3.63, 3.8) is 0 Å². The molecule has 27 nitrogen and oxygen atoms in total. The van der Waals surface area contributed by atoms with Gasteiger partial charge in [0.25, 0.3) is 0 Å². The summed E-state index contributed by atoms with van der Waals surface area (Å²) in [5, 5.41) is 70.3. The molecule has 0 radical (unpaired) electrons. The van der Waals surface area contributed by atoms with Crippen molar-refractivity contribution in [1.82, 2.24) is 57.5 Å². The van der Waals surface area contributed by atoms with Gasteiger partial charge in [0, 0.05) is 61.1 Å². The van der Waals surface area contributed by atoms with Gasteiger partial charge < -0.3 is 83.8 Å². The number of nitrogens with one attached hydrogen (secondary N) is 10. The highest BCUT2D eigenvalue weighted by Crippen LogP contribution is 2.20. The lowest BCUT2D eigenvalue weighted by atomic mass is 10.0. The Morgan fingerprint density at radius 3 is 1.43 bits per heavy atom. The van der Waals surface area contributed by atoms with Gasteiger partial charge in [-0.05, 0) is 66.4 Å². The van der Waals surface area contributed by atoms with Crippen LogP contribution in [-0.2, 0) is 80.0 Å². The summed E-state index contributed by atoms with van der Waals surface area (Å²) in [6.45, 7) is 1.51. The van der Waals surface area contributed by atoms with Crippen molar-refractivity contribution in [2.24, 2.45) is 5.73 Å². The van der Waals surface area contributed by atoms with Gasteiger partial charge in [-0.15, -0.1) is 0 Å². The van der Waals surface area contributed by atoms with Crippen LogP contribution in [0.4, 0.5) is 0 Å². The molecule has 444 valence electrons. The standard InChI is InChI=1S/C57H66N12O15/c1-30(62-52(78)42(21-33-12-16-37(71)17-13-33)66-55(81)45(25-48(73)74)65-51(77)40(58)24-36-27-59-29-61-36)49(75)64-43(20-32-8-4-3-5-9-32)53(79)67-44(22-34-14-18-38(72)19-15-34)54(80)69-47(28-70)56(82)63-31(2)50(76)68-46(57(83)84)23-35-26-60-41-11-7-6-10-39(35)41/h3-19,26-27,29-31,40,42-47,60,70-72H,20-25,28,58H2,1-2H3,(H,59,61)(H,62,78)(H,63,82)(H,64,75)(H,65,77)(H,66,81)(H,67,79)(H,68,76)(H,69,80)(H,73,74)(H,83,84)/t30-,31-,40-,42-,43-,44-,45-,46-,47-/m0/s1. The van der Waals surface area contributed by atoms with E-state index in [2.05, 4.69) is 57.5 Å². The van der Waals surface area contributed by atoms with Gasteiger partial charge in [-0.2, -0.15) is 0 Å². The number of hydrogen-bond donors (Lipinski definition) is 16. The van der Waals surface area contributed by atoms with Gasteiger partial charge in [0.15, 0.2) is 0 Å². The van der Waals surface area contributed by atoms with E-state index in [-0.39, 0.29) is 43.6 Å². The van der Waals surface area contributed by atoms with Crippen molar-refractivity contribution in [3.05, 3.63) is 150 Å². The highest BCUT2D eigenvalue weighted by Gasteiger charge is 2.35. The van der Waals surface area contributed by atoms with Gasteiger partial charge in [0.05, 0.1) is 25.4 Å². The number of imidazole rings is 1. The number of para-hydroxylation sites is 1. The second-order valence-corrected chi connectivity index (χ2v) is 19.8. The van der Waals surface area contributed by atoms with Crippen molar-refractivity contribution >= 4 is 70.1 Å². The van der Waals surface area contributed by atoms with E-state index < -0.39 is 127 Å². The molecule has 0 bridgehead atoms. The molecule has 27 heteroatoms. The number of nitrogens with two attached hydrogens (primary N) is 1. The lowest BCUT2D eigenvalue weighted by Gasteiger charge is -2.27. The number of aliphatic carboxylic acids is 2. The fourth-order valence-electron chi connectivity index (χ4n) is 8.69. The van der Waals surface area contributed by atoms with Crippen molar-refractivity contribution in [2.45, 2.75) is 107 Å². The van der Waals surface area contributed by atoms with Crippen LogP contribution in [0.5, 0.6) is 11.5 Å². The maximum absolute atomic E-state index is 14.5. The Morgan fingerprint density at radius 2 is 0.929 bits per heavy atom. The van der Waals surface area contributed by atoms with E-state index in [0.29, 0.717) is 27.9 Å². The second kappa shape index (κ2) is 30.1. The smallest absolute Gasteiger partial charge is 0.326 e. The second-order valence-electron chi connectivity index (χ2n) is 19.8. The topological polar surface area (TPSA) is 439 Å². The number of aliphatic hydroxyl groups excluding tert-OH is 1. The Balaban J connectivity index is 1.16. The van der Waals surface area contributed by atoms with E-state index in [9.17, 15) is 73.5 Å². The Morgan fingerprint density at radius 1 is 0.488 bits per heavy atom. The molecular formula is C57H66N12O15. The number of aliphatic hydroxyl groups is 1. The summed E-state index contributed by atoms with van der Waals surface area (Å²) in [6.07, 6.45) is 2.56. The van der Waals surface area contributed by atoms with Crippen LogP contribution >= 0.6 is 0 Å². The summed E-state index contributed by atoms with van der Waals surface area (Å²) < 4.78 is 0. The fourth-order valence-corrected chi connectivity index (χ4v) is 8.69. The minimum atomic E-state index is -1.74. The summed E-state index contributed by atoms with van der Waals surface area (Å²) in [4.78, 5) is 145. The van der Waals surface area contributed by atoms with Gasteiger partial charge in [-0.3, -0.25) is 43.2 Å². The number of phenolic OH excluding ortho intramolecular Hbond substituents is 2. The van der Waals surface area contributed by atoms with Gasteiger partial charge in [0.1, 0.15) is 59.8 Å². The van der Waals surface area contributed by atoms with Gasteiger partial charge >= 0.3 is 11.9 Å². The number of carbonyl (C=O) groups is 10. The summed E-state index contributed by atoms with van der Waals surface area (Å²) in [5.41, 5.74) is 9.19. The molecule has 0 aliphatic rings. The number of hydrogen-bond acceptors (Lipinski definition) is 15. The SMILES string of the molecule is C[C@H](NC(=O)[C@H](CO)NC(=O)[C@H](Cc1ccc(O)cc1)NC(=O)[C@H](Cc1ccccc1)NC(=O)[C@H](C)NC(=O)[C@H](Cc1ccc(O)cc1)NC(=O)[C@H](CC(=O)O)NC(=O)[C@@H](N)Cc1cnc[nH]1)C(=O)N[C@@H](Cc1c[nH]c2ccccc12)C(=O)O. The number of fused-ring (bicyclic) bond motifs is 1. The lowest BCUT2D eigenvalue weighted by Crippen LogP contribution is -2.61. The highest BCUT2D eigenvalue weighted by atomic mass is 16.4. The first-order chi connectivity index (χ1) is 40.1. The lowest BCUT2D eigenvalue weighted by molar-refractivity contribution is -0.142. The maximum atomic E-state index is 14.5. The quantitative estimate of drug-likeness (QED) is 0.0247. The van der Waals surface area contributed by atoms with Crippen LogP contribution in [0.3, 0.4) is 0 Å². The van der Waals surface area contributed by atoms with Crippen LogP contribution < -0.4 is 48.3 Å². The molecule has 17 N–H and O–H groups in total. The molecular weight excluding hydrogens is 1090 g/mol. The number of aromatic nitrogens is 3. The molecule has 84 heavy (non-hydrogen) atoms. The minimum absolute atomic E-state index is 0.0484. The molecule has 4 aromatic carbocycles. The number of amides is 8. The Labute approximate surface area is 480 Å². The molecule has 2 aromatic heterocycles. The average Bonchev–Trinajstić information content (AvgIpc) is 4.07. The van der Waals surface area contributed by atoms with Crippen molar-refractivity contribution in [2.75, 3.05) is 6.61 Å². The van der Waals surface area contributed by atoms with Crippen molar-refractivity contribution in [3.8, 4) is 11.5 Å². The molecule has 9 atom stereocenters. The molecule has 0 aliphatic heterocycles. The predicted molar refractivity (Wildman–Crippen MR) is 300 cm³/mol. The van der Waals surface area contributed by atoms with E-state index in [1.807, 2.05) is 0 Å². The van der Waals surface area contributed by atoms with Crippen LogP contribution in [0.15, 0.2) is 122 Å². The van der Waals surface area contributed by atoms with Crippen molar-refractivity contribution < 1.29 is 73.5 Å². The molecule has 2 heterocycles. The zero-order chi connectivity index (χ0) is 61.0. The first-order valence-electron chi connectivity index (χ1n) is 26.4. The number of benzene rings is 4. The number of aromatic hydroxyl groups is 2. The first kappa shape index (κ1) is 63.0. The van der Waals surface area contributed by atoms with E-state index in [0.717, 1.165) is 10.9 Å². The fraction of sp³-hybridized carbons (Fsp3) is 0.316. The molecule has 0 aliphatic carbocycles. The third-order valence-corrected chi connectivity index (χ3v) is 13.3. The Bertz CT molecular complexity index is 3270. The Hall–Kier alpha value is -10.2. The van der Waals surface area contributed by atoms with Crippen LogP contribution in [0.25, 0.3) is 10.9 Å². The highest BCUT2D eigenvalue weighted by molar-refractivity contribution is 5.99. The zero-order valence-corrected chi connectivity index (χ0v) is 45.5. The summed E-state index contributed by atoms with van der Waals surface area (Å²) >= 11 is 0. The van der Waals surface area contributed by atoms with Gasteiger partial charge in [-0.25, -0.2) is 9.78 Å². The zero-order valence-electron chi connectivity index (χ0n) is 45.5. The number of carbonyl (C=O) groups excluding carboxylic acids is 8. The average molecular weight is 1160 g/mol. The number of H-pyrrole nitrogens is 2. The molecule has 6 rings (SSSR count). The molecule has 0 fully saturated rings. The molecule has 0 saturated heterocycles. The van der Waals surface area contributed by atoms with E-state index in [1.165, 1.54) is 74.9 Å². The van der Waals surface area contributed by atoms with Crippen LogP contribution in [0.2, 0.25) is 0 Å². The molecule has 0 spiro atoms.